The van der Waals surface area contributed by atoms with Crippen molar-refractivity contribution >= 4 is 18.0 Å². The van der Waals surface area contributed by atoms with E-state index in [4.69, 9.17) is 0 Å². The Bertz CT molecular complexity index is 420. The van der Waals surface area contributed by atoms with Crippen molar-refractivity contribution in [2.75, 3.05) is 18.4 Å². The van der Waals surface area contributed by atoms with E-state index < -0.39 is 0 Å². The molecule has 18 heavy (non-hydrogen) atoms. The molecule has 0 aliphatic carbocycles. The summed E-state index contributed by atoms with van der Waals surface area (Å²) in [6, 6.07) is 7.00. The summed E-state index contributed by atoms with van der Waals surface area (Å²) in [5, 5.41) is 2.55. The zero-order valence-corrected chi connectivity index (χ0v) is 10.6. The first-order valence-electron chi connectivity index (χ1n) is 6.30. The lowest BCUT2D eigenvalue weighted by Gasteiger charge is -2.30. The Labute approximate surface area is 107 Å². The molecule has 0 unspecified atom stereocenters. The van der Waals surface area contributed by atoms with Crippen molar-refractivity contribution in [1.29, 1.82) is 0 Å². The van der Waals surface area contributed by atoms with Gasteiger partial charge in [-0.25, -0.2) is 0 Å². The fourth-order valence-electron chi connectivity index (χ4n) is 2.17. The number of hydrogen-bond donors (Lipinski definition) is 1. The SMILES string of the molecule is CC1CCN(C(=O)c2ccc(NC=O)cc2)CC1. The van der Waals surface area contributed by atoms with Crippen LogP contribution < -0.4 is 5.32 Å². The Hall–Kier alpha value is -1.84. The van der Waals surface area contributed by atoms with Gasteiger partial charge in [0.25, 0.3) is 5.91 Å². The molecule has 0 saturated carbocycles. The molecule has 0 radical (unpaired) electrons. The monoisotopic (exact) mass is 246 g/mol. The van der Waals surface area contributed by atoms with Crippen LogP contribution in [0.3, 0.4) is 0 Å². The van der Waals surface area contributed by atoms with Crippen LogP contribution in [0, 0.1) is 5.92 Å². The molecule has 1 aliphatic rings. The predicted molar refractivity (Wildman–Crippen MR) is 70.4 cm³/mol. The third-order valence-electron chi connectivity index (χ3n) is 3.43. The molecule has 0 aromatic heterocycles. The van der Waals surface area contributed by atoms with Gasteiger partial charge in [0, 0.05) is 24.3 Å². The van der Waals surface area contributed by atoms with Crippen LogP contribution in [0.25, 0.3) is 0 Å². The van der Waals surface area contributed by atoms with E-state index in [0.29, 0.717) is 23.6 Å². The van der Waals surface area contributed by atoms with E-state index in [1.807, 2.05) is 4.90 Å². The van der Waals surface area contributed by atoms with Gasteiger partial charge in [0.05, 0.1) is 0 Å². The third-order valence-corrected chi connectivity index (χ3v) is 3.43. The highest BCUT2D eigenvalue weighted by molar-refractivity contribution is 5.94. The minimum absolute atomic E-state index is 0.0829. The van der Waals surface area contributed by atoms with Crippen LogP contribution in [0.1, 0.15) is 30.1 Å². The van der Waals surface area contributed by atoms with Gasteiger partial charge in [0.1, 0.15) is 0 Å². The first-order chi connectivity index (χ1) is 8.70. The minimum Gasteiger partial charge on any atom is -0.339 e. The zero-order valence-electron chi connectivity index (χ0n) is 10.6. The number of carbonyl (C=O) groups excluding carboxylic acids is 2. The summed E-state index contributed by atoms with van der Waals surface area (Å²) in [4.78, 5) is 24.4. The highest BCUT2D eigenvalue weighted by Crippen LogP contribution is 2.18. The molecule has 2 rings (SSSR count). The predicted octanol–water partition coefficient (Wildman–Crippen LogP) is 2.13. The Morgan fingerprint density at radius 2 is 1.89 bits per heavy atom. The second-order valence-electron chi connectivity index (χ2n) is 4.81. The van der Waals surface area contributed by atoms with Crippen LogP contribution in [0.4, 0.5) is 5.69 Å². The van der Waals surface area contributed by atoms with Gasteiger partial charge in [-0.1, -0.05) is 6.92 Å². The molecule has 4 heteroatoms. The van der Waals surface area contributed by atoms with Crippen LogP contribution >= 0.6 is 0 Å². The third kappa shape index (κ3) is 2.88. The number of benzene rings is 1. The van der Waals surface area contributed by atoms with Crippen molar-refractivity contribution in [2.24, 2.45) is 5.92 Å². The van der Waals surface area contributed by atoms with E-state index in [2.05, 4.69) is 12.2 Å². The highest BCUT2D eigenvalue weighted by Gasteiger charge is 2.21. The smallest absolute Gasteiger partial charge is 0.253 e. The molecule has 0 bridgehead atoms. The fraction of sp³-hybridized carbons (Fsp3) is 0.429. The number of amides is 2. The van der Waals surface area contributed by atoms with Gasteiger partial charge in [-0.3, -0.25) is 9.59 Å². The van der Waals surface area contributed by atoms with E-state index in [1.165, 1.54) is 0 Å². The standard InChI is InChI=1S/C14H18N2O2/c1-11-6-8-16(9-7-11)14(18)12-2-4-13(5-3-12)15-10-17/h2-5,10-11H,6-9H2,1H3,(H,15,17). The van der Waals surface area contributed by atoms with Crippen LogP contribution in [-0.4, -0.2) is 30.3 Å². The topological polar surface area (TPSA) is 49.4 Å². The maximum Gasteiger partial charge on any atom is 0.253 e. The summed E-state index contributed by atoms with van der Waals surface area (Å²) in [5.41, 5.74) is 1.38. The molecule has 1 saturated heterocycles. The first-order valence-corrected chi connectivity index (χ1v) is 6.30. The molecule has 1 aliphatic heterocycles. The lowest BCUT2D eigenvalue weighted by molar-refractivity contribution is -0.105. The summed E-state index contributed by atoms with van der Waals surface area (Å²) in [6.07, 6.45) is 2.79. The van der Waals surface area contributed by atoms with Crippen molar-refractivity contribution in [3.05, 3.63) is 29.8 Å². The molecule has 1 fully saturated rings. The van der Waals surface area contributed by atoms with E-state index >= 15 is 0 Å². The average Bonchev–Trinajstić information content (AvgIpc) is 2.40. The van der Waals surface area contributed by atoms with E-state index in [1.54, 1.807) is 24.3 Å². The second kappa shape index (κ2) is 5.67. The van der Waals surface area contributed by atoms with Gasteiger partial charge in [0.15, 0.2) is 0 Å². The summed E-state index contributed by atoms with van der Waals surface area (Å²) in [7, 11) is 0. The molecule has 1 aromatic rings. The van der Waals surface area contributed by atoms with Crippen molar-refractivity contribution in [1.82, 2.24) is 4.90 Å². The number of anilines is 1. The Morgan fingerprint density at radius 1 is 1.28 bits per heavy atom. The lowest BCUT2D eigenvalue weighted by Crippen LogP contribution is -2.37. The van der Waals surface area contributed by atoms with Crippen molar-refractivity contribution < 1.29 is 9.59 Å². The molecular formula is C14H18N2O2. The van der Waals surface area contributed by atoms with Crippen LogP contribution in [-0.2, 0) is 4.79 Å². The van der Waals surface area contributed by atoms with E-state index in [-0.39, 0.29) is 5.91 Å². The number of nitrogens with zero attached hydrogens (tertiary/aromatic N) is 1. The van der Waals surface area contributed by atoms with Crippen molar-refractivity contribution in [2.45, 2.75) is 19.8 Å². The minimum atomic E-state index is 0.0829. The van der Waals surface area contributed by atoms with Crippen molar-refractivity contribution in [3.63, 3.8) is 0 Å². The molecule has 4 nitrogen and oxygen atoms in total. The number of likely N-dealkylation sites (tertiary alicyclic amines) is 1. The highest BCUT2D eigenvalue weighted by atomic mass is 16.2. The van der Waals surface area contributed by atoms with Gasteiger partial charge in [-0.05, 0) is 43.0 Å². The van der Waals surface area contributed by atoms with E-state index in [9.17, 15) is 9.59 Å². The molecular weight excluding hydrogens is 228 g/mol. The molecule has 1 N–H and O–H groups in total. The Morgan fingerprint density at radius 3 is 2.44 bits per heavy atom. The average molecular weight is 246 g/mol. The molecule has 0 atom stereocenters. The van der Waals surface area contributed by atoms with Gasteiger partial charge in [-0.15, -0.1) is 0 Å². The molecule has 1 heterocycles. The maximum absolute atomic E-state index is 12.2. The molecule has 96 valence electrons. The van der Waals surface area contributed by atoms with Gasteiger partial charge in [-0.2, -0.15) is 0 Å². The summed E-state index contributed by atoms with van der Waals surface area (Å²) in [6.45, 7) is 3.91. The van der Waals surface area contributed by atoms with Crippen LogP contribution in [0.5, 0.6) is 0 Å². The second-order valence-corrected chi connectivity index (χ2v) is 4.81. The largest absolute Gasteiger partial charge is 0.339 e. The lowest BCUT2D eigenvalue weighted by atomic mass is 9.98. The number of rotatable bonds is 3. The van der Waals surface area contributed by atoms with Gasteiger partial charge < -0.3 is 10.2 Å². The van der Waals surface area contributed by atoms with Crippen LogP contribution in [0.15, 0.2) is 24.3 Å². The zero-order chi connectivity index (χ0) is 13.0. The number of nitrogens with one attached hydrogen (secondary N) is 1. The first kappa shape index (κ1) is 12.6. The van der Waals surface area contributed by atoms with Crippen molar-refractivity contribution in [3.8, 4) is 0 Å². The van der Waals surface area contributed by atoms with Gasteiger partial charge in [0.2, 0.25) is 6.41 Å². The summed E-state index contributed by atoms with van der Waals surface area (Å²) >= 11 is 0. The van der Waals surface area contributed by atoms with Crippen LogP contribution in [0.2, 0.25) is 0 Å². The normalized spacial score (nSPS) is 16.4. The molecule has 0 spiro atoms. The molecule has 1 aromatic carbocycles. The number of piperidine rings is 1. The number of hydrogen-bond acceptors (Lipinski definition) is 2. The maximum atomic E-state index is 12.2. The van der Waals surface area contributed by atoms with Gasteiger partial charge >= 0.3 is 0 Å². The Kier molecular flexibility index (Phi) is 3.97. The van der Waals surface area contributed by atoms with E-state index in [0.717, 1.165) is 25.9 Å². The number of carbonyl (C=O) groups is 2. The Balaban J connectivity index is 2.02. The molecule has 2 amide bonds. The summed E-state index contributed by atoms with van der Waals surface area (Å²) < 4.78 is 0. The summed E-state index contributed by atoms with van der Waals surface area (Å²) in [5.74, 6) is 0.799. The quantitative estimate of drug-likeness (QED) is 0.830. The fourth-order valence-corrected chi connectivity index (χ4v) is 2.17.